The van der Waals surface area contributed by atoms with Gasteiger partial charge < -0.3 is 9.84 Å². The lowest BCUT2D eigenvalue weighted by Gasteiger charge is -2.06. The van der Waals surface area contributed by atoms with E-state index in [2.05, 4.69) is 12.1 Å². The van der Waals surface area contributed by atoms with Crippen molar-refractivity contribution in [2.45, 2.75) is 44.8 Å². The predicted molar refractivity (Wildman–Crippen MR) is 60.1 cm³/mol. The number of rotatable bonds is 5. The Balaban J connectivity index is 1.85. The maximum atomic E-state index is 9.17. The Labute approximate surface area is 90.9 Å². The van der Waals surface area contributed by atoms with Crippen molar-refractivity contribution in [3.63, 3.8) is 0 Å². The summed E-state index contributed by atoms with van der Waals surface area (Å²) in [6.07, 6.45) is 4.40. The fourth-order valence-electron chi connectivity index (χ4n) is 1.49. The fourth-order valence-corrected chi connectivity index (χ4v) is 1.49. The number of aryl methyl sites for hydroxylation is 1. The molecule has 1 saturated carbocycles. The van der Waals surface area contributed by atoms with Crippen LogP contribution in [-0.4, -0.2) is 17.3 Å². The Bertz CT molecular complexity index is 299. The highest BCUT2D eigenvalue weighted by Gasteiger charge is 2.23. The average molecular weight is 206 g/mol. The van der Waals surface area contributed by atoms with E-state index in [0.717, 1.165) is 18.6 Å². The van der Waals surface area contributed by atoms with E-state index < -0.39 is 0 Å². The topological polar surface area (TPSA) is 29.5 Å². The fraction of sp³-hybridized carbons (Fsp3) is 0.538. The molecule has 0 amide bonds. The molecule has 1 aromatic rings. The minimum atomic E-state index is -0.215. The van der Waals surface area contributed by atoms with E-state index in [0.29, 0.717) is 6.10 Å². The van der Waals surface area contributed by atoms with Crippen LogP contribution >= 0.6 is 0 Å². The van der Waals surface area contributed by atoms with Crippen molar-refractivity contribution in [3.8, 4) is 5.75 Å². The zero-order chi connectivity index (χ0) is 10.7. The van der Waals surface area contributed by atoms with E-state index in [9.17, 15) is 5.11 Å². The predicted octanol–water partition coefficient (Wildman–Crippen LogP) is 2.54. The standard InChI is InChI=1S/C13H18O2/c1-10(14)2-3-11-4-6-12(7-5-11)15-13-8-9-13/h4-7,10,13-14H,2-3,8-9H2,1H3. The van der Waals surface area contributed by atoms with E-state index in [-0.39, 0.29) is 6.10 Å². The molecule has 1 N–H and O–H groups in total. The lowest BCUT2D eigenvalue weighted by atomic mass is 10.1. The number of benzene rings is 1. The van der Waals surface area contributed by atoms with Crippen molar-refractivity contribution in [2.24, 2.45) is 0 Å². The first-order valence-electron chi connectivity index (χ1n) is 5.68. The first-order chi connectivity index (χ1) is 7.24. The van der Waals surface area contributed by atoms with Gasteiger partial charge >= 0.3 is 0 Å². The van der Waals surface area contributed by atoms with Crippen molar-refractivity contribution >= 4 is 0 Å². The summed E-state index contributed by atoms with van der Waals surface area (Å²) >= 11 is 0. The van der Waals surface area contributed by atoms with Crippen molar-refractivity contribution in [1.29, 1.82) is 0 Å². The summed E-state index contributed by atoms with van der Waals surface area (Å²) in [6.45, 7) is 1.82. The van der Waals surface area contributed by atoms with Crippen LogP contribution in [0.25, 0.3) is 0 Å². The summed E-state index contributed by atoms with van der Waals surface area (Å²) in [4.78, 5) is 0. The Hall–Kier alpha value is -1.02. The molecule has 2 heteroatoms. The minimum absolute atomic E-state index is 0.215. The van der Waals surface area contributed by atoms with Crippen LogP contribution in [0, 0.1) is 0 Å². The van der Waals surface area contributed by atoms with Gasteiger partial charge in [0.05, 0.1) is 12.2 Å². The molecule has 0 radical (unpaired) electrons. The molecule has 1 aliphatic carbocycles. The van der Waals surface area contributed by atoms with Crippen LogP contribution < -0.4 is 4.74 Å². The zero-order valence-electron chi connectivity index (χ0n) is 9.15. The highest BCUT2D eigenvalue weighted by atomic mass is 16.5. The molecular formula is C13H18O2. The van der Waals surface area contributed by atoms with Crippen molar-refractivity contribution < 1.29 is 9.84 Å². The third kappa shape index (κ3) is 3.56. The minimum Gasteiger partial charge on any atom is -0.490 e. The molecule has 0 bridgehead atoms. The van der Waals surface area contributed by atoms with Crippen LogP contribution in [0.2, 0.25) is 0 Å². The molecule has 1 aliphatic rings. The Morgan fingerprint density at radius 1 is 1.33 bits per heavy atom. The van der Waals surface area contributed by atoms with Gasteiger partial charge in [0.15, 0.2) is 0 Å². The first kappa shape index (κ1) is 10.5. The van der Waals surface area contributed by atoms with Gasteiger partial charge in [-0.2, -0.15) is 0 Å². The zero-order valence-corrected chi connectivity index (χ0v) is 9.15. The van der Waals surface area contributed by atoms with E-state index >= 15 is 0 Å². The van der Waals surface area contributed by atoms with Gasteiger partial charge in [0, 0.05) is 0 Å². The van der Waals surface area contributed by atoms with Gasteiger partial charge in [0.25, 0.3) is 0 Å². The second-order valence-electron chi connectivity index (χ2n) is 4.35. The molecule has 0 saturated heterocycles. The molecule has 2 nitrogen and oxygen atoms in total. The molecule has 82 valence electrons. The summed E-state index contributed by atoms with van der Waals surface area (Å²) in [6, 6.07) is 8.21. The van der Waals surface area contributed by atoms with Crippen LogP contribution in [0.1, 0.15) is 31.7 Å². The second-order valence-corrected chi connectivity index (χ2v) is 4.35. The number of hydrogen-bond acceptors (Lipinski definition) is 2. The third-order valence-corrected chi connectivity index (χ3v) is 2.60. The van der Waals surface area contributed by atoms with Gasteiger partial charge in [0.2, 0.25) is 0 Å². The Kier molecular flexibility index (Phi) is 3.27. The Morgan fingerprint density at radius 3 is 2.53 bits per heavy atom. The molecule has 2 rings (SSSR count). The molecule has 0 aliphatic heterocycles. The maximum absolute atomic E-state index is 9.17. The van der Waals surface area contributed by atoms with Crippen molar-refractivity contribution in [1.82, 2.24) is 0 Å². The number of ether oxygens (including phenoxy) is 1. The molecule has 0 spiro atoms. The third-order valence-electron chi connectivity index (χ3n) is 2.60. The Morgan fingerprint density at radius 2 is 2.00 bits per heavy atom. The van der Waals surface area contributed by atoms with E-state index in [1.54, 1.807) is 0 Å². The lowest BCUT2D eigenvalue weighted by molar-refractivity contribution is 0.185. The normalized spacial score (nSPS) is 17.5. The van der Waals surface area contributed by atoms with Crippen LogP contribution in [0.5, 0.6) is 5.75 Å². The van der Waals surface area contributed by atoms with E-state index in [1.165, 1.54) is 18.4 Å². The smallest absolute Gasteiger partial charge is 0.119 e. The number of aliphatic hydroxyl groups is 1. The van der Waals surface area contributed by atoms with E-state index in [4.69, 9.17) is 4.74 Å². The number of hydrogen-bond donors (Lipinski definition) is 1. The monoisotopic (exact) mass is 206 g/mol. The molecule has 15 heavy (non-hydrogen) atoms. The molecule has 0 heterocycles. The van der Waals surface area contributed by atoms with Gasteiger partial charge in [0.1, 0.15) is 5.75 Å². The molecular weight excluding hydrogens is 188 g/mol. The average Bonchev–Trinajstić information content (AvgIpc) is 3.01. The van der Waals surface area contributed by atoms with Gasteiger partial charge in [-0.3, -0.25) is 0 Å². The van der Waals surface area contributed by atoms with Crippen molar-refractivity contribution in [2.75, 3.05) is 0 Å². The van der Waals surface area contributed by atoms with Gasteiger partial charge in [-0.05, 0) is 50.3 Å². The second kappa shape index (κ2) is 4.67. The van der Waals surface area contributed by atoms with Crippen LogP contribution in [0.15, 0.2) is 24.3 Å². The summed E-state index contributed by atoms with van der Waals surface area (Å²) in [5.41, 5.74) is 1.26. The highest BCUT2D eigenvalue weighted by Crippen LogP contribution is 2.26. The highest BCUT2D eigenvalue weighted by molar-refractivity contribution is 5.27. The van der Waals surface area contributed by atoms with Crippen LogP contribution in [-0.2, 0) is 6.42 Å². The maximum Gasteiger partial charge on any atom is 0.119 e. The largest absolute Gasteiger partial charge is 0.490 e. The molecule has 1 fully saturated rings. The molecule has 1 unspecified atom stereocenters. The van der Waals surface area contributed by atoms with Gasteiger partial charge in [-0.15, -0.1) is 0 Å². The SMILES string of the molecule is CC(O)CCc1ccc(OC2CC2)cc1. The van der Waals surface area contributed by atoms with Gasteiger partial charge in [-0.1, -0.05) is 12.1 Å². The lowest BCUT2D eigenvalue weighted by Crippen LogP contribution is -2.01. The van der Waals surface area contributed by atoms with Crippen LogP contribution in [0.4, 0.5) is 0 Å². The van der Waals surface area contributed by atoms with Crippen molar-refractivity contribution in [3.05, 3.63) is 29.8 Å². The summed E-state index contributed by atoms with van der Waals surface area (Å²) < 4.78 is 5.66. The van der Waals surface area contributed by atoms with Gasteiger partial charge in [-0.25, -0.2) is 0 Å². The number of aliphatic hydroxyl groups excluding tert-OH is 1. The summed E-state index contributed by atoms with van der Waals surface area (Å²) in [5.74, 6) is 0.971. The molecule has 1 aromatic carbocycles. The van der Waals surface area contributed by atoms with Crippen LogP contribution in [0.3, 0.4) is 0 Å². The quantitative estimate of drug-likeness (QED) is 0.802. The first-order valence-corrected chi connectivity index (χ1v) is 5.68. The summed E-state index contributed by atoms with van der Waals surface area (Å²) in [7, 11) is 0. The molecule has 1 atom stereocenters. The summed E-state index contributed by atoms with van der Waals surface area (Å²) in [5, 5.41) is 9.17. The molecule has 0 aromatic heterocycles. The van der Waals surface area contributed by atoms with E-state index in [1.807, 2.05) is 19.1 Å².